The van der Waals surface area contributed by atoms with Crippen molar-refractivity contribution in [1.82, 2.24) is 85.5 Å². The van der Waals surface area contributed by atoms with Crippen LogP contribution in [0.3, 0.4) is 0 Å². The van der Waals surface area contributed by atoms with Crippen molar-refractivity contribution in [2.75, 3.05) is 0 Å². The van der Waals surface area contributed by atoms with Crippen LogP contribution in [-0.2, 0) is 46.7 Å². The molecule has 25 heterocycles. The third-order valence-electron chi connectivity index (χ3n) is 20.3. The first-order valence-electron chi connectivity index (χ1n) is 35.1. The van der Waals surface area contributed by atoms with Gasteiger partial charge in [0.25, 0.3) is 22.9 Å². The van der Waals surface area contributed by atoms with Crippen LogP contribution in [0.5, 0.6) is 0 Å². The number of rotatable bonds is 1. The van der Waals surface area contributed by atoms with Gasteiger partial charge in [0.2, 0.25) is 16.1 Å². The Kier molecular flexibility index (Phi) is 11.5. The molecule has 0 N–H and O–H groups in total. The monoisotopic (exact) mass is 1370 g/mol. The zero-order chi connectivity index (χ0) is 70.2. The van der Waals surface area contributed by atoms with Crippen molar-refractivity contribution < 1.29 is 31.4 Å². The van der Waals surface area contributed by atoms with Gasteiger partial charge in [-0.25, -0.2) is 76.1 Å². The van der Waals surface area contributed by atoms with Crippen LogP contribution in [0.15, 0.2) is 250 Å². The quantitative estimate of drug-likeness (QED) is 0.142. The zero-order valence-electron chi connectivity index (χ0n) is 57.7. The fraction of sp³-hybridized carbons (Fsp3) is 0.0897. The summed E-state index contributed by atoms with van der Waals surface area (Å²) in [5.74, 6) is 3.77. The molecule has 0 fully saturated rings. The number of nitrogens with zero attached hydrogens (tertiary/aromatic N) is 23. The van der Waals surface area contributed by atoms with Crippen molar-refractivity contribution >= 4 is 93.9 Å². The van der Waals surface area contributed by atoms with E-state index in [1.165, 1.54) is 75.7 Å². The predicted octanol–water partition coefficient (Wildman–Crippen LogP) is 10.1. The molecule has 0 bridgehead atoms. The van der Waals surface area contributed by atoms with Gasteiger partial charge in [-0.05, 0) is 54.6 Å². The fourth-order valence-electron chi connectivity index (χ4n) is 16.0. The maximum Gasteiger partial charge on any atom is 0.335 e. The summed E-state index contributed by atoms with van der Waals surface area (Å²) in [6.07, 6.45) is 31.0. The number of benzene rings is 1. The van der Waals surface area contributed by atoms with Crippen LogP contribution < -0.4 is 22.8 Å². The average molecular weight is 1370 g/mol. The molecule has 24 nitrogen and oxygen atoms in total. The summed E-state index contributed by atoms with van der Waals surface area (Å²) in [7, 11) is 2.10. The lowest BCUT2D eigenvalue weighted by Gasteiger charge is -2.02. The van der Waals surface area contributed by atoms with E-state index in [1.54, 1.807) is 42.3 Å². The number of imidazole rings is 3. The van der Waals surface area contributed by atoms with Gasteiger partial charge >= 0.3 is 23.0 Å². The number of para-hydroxylation sites is 1. The summed E-state index contributed by atoms with van der Waals surface area (Å²) in [6, 6.07) is 47.6. The normalized spacial score (nSPS) is 13.5. The molecular formula is C78H56N23OS+5. The fourth-order valence-corrected chi connectivity index (χ4v) is 17.2. The largest absolute Gasteiger partial charge is 0.412 e. The molecule has 0 saturated carbocycles. The van der Waals surface area contributed by atoms with Crippen LogP contribution in [0.25, 0.3) is 145 Å². The summed E-state index contributed by atoms with van der Waals surface area (Å²) in [5.41, 5.74) is 27.0. The molecule has 20 aromatic heterocycles. The van der Waals surface area contributed by atoms with Crippen molar-refractivity contribution in [3.8, 4) is 62.5 Å². The van der Waals surface area contributed by atoms with E-state index in [-0.39, 0.29) is 0 Å². The molecule has 0 spiro atoms. The number of hydrogen-bond donors (Lipinski definition) is 0. The number of pyridine rings is 5. The summed E-state index contributed by atoms with van der Waals surface area (Å²) in [5, 5.41) is 1.25. The maximum atomic E-state index is 7.99. The van der Waals surface area contributed by atoms with Gasteiger partial charge in [0.05, 0.1) is 43.6 Å². The van der Waals surface area contributed by atoms with Gasteiger partial charge in [-0.15, -0.1) is 0 Å². The second-order valence-electron chi connectivity index (χ2n) is 25.9. The molecule has 5 aliphatic rings. The van der Waals surface area contributed by atoms with E-state index in [9.17, 15) is 0 Å². The van der Waals surface area contributed by atoms with Gasteiger partial charge in [0.15, 0.2) is 53.2 Å². The Bertz CT molecular complexity index is 7090. The van der Waals surface area contributed by atoms with Gasteiger partial charge in [-0.3, -0.25) is 14.5 Å². The first-order valence-corrected chi connectivity index (χ1v) is 34.4. The topological polar surface area (TPSA) is 198 Å². The van der Waals surface area contributed by atoms with Crippen LogP contribution in [0.1, 0.15) is 31.9 Å². The molecule has 490 valence electrons. The third-order valence-corrected chi connectivity index (χ3v) is 21.5. The minimum Gasteiger partial charge on any atom is -0.412 e. The van der Waals surface area contributed by atoms with Crippen LogP contribution in [0, 0.1) is 0 Å². The smallest absolute Gasteiger partial charge is 0.335 e. The van der Waals surface area contributed by atoms with Gasteiger partial charge in [0, 0.05) is 132 Å². The molecule has 0 atom stereocenters. The Labute approximate surface area is 590 Å². The lowest BCUT2D eigenvalue weighted by Crippen LogP contribution is -2.32. The van der Waals surface area contributed by atoms with Gasteiger partial charge in [-0.1, -0.05) is 59.9 Å². The molecule has 0 aliphatic carbocycles. The van der Waals surface area contributed by atoms with E-state index in [2.05, 4.69) is 164 Å². The number of hydrogen-bond acceptors (Lipinski definition) is 12. The molecule has 25 heteroatoms. The van der Waals surface area contributed by atoms with Crippen molar-refractivity contribution in [2.24, 2.45) is 14.0 Å². The Morgan fingerprint density at radius 3 is 1.57 bits per heavy atom. The highest BCUT2D eigenvalue weighted by Gasteiger charge is 2.40. The first kappa shape index (κ1) is 54.1. The lowest BCUT2D eigenvalue weighted by atomic mass is 10.2. The van der Waals surface area contributed by atoms with E-state index < -0.39 is 6.98 Å². The van der Waals surface area contributed by atoms with E-state index in [0.29, 0.717) is 17.9 Å². The Balaban J connectivity index is 0.0000000830. The SMILES string of the molecule is Cn1c2[n+](c3c1cc1ccncn13)Cc1cccnc1-2.[2H]C([2H])([2H])n1c2[n+](c3c1cn1ccncc31)Cc1cccnc1-2.c1ccc(-n2c3[n+](c4c2cc2ccncn24)Cc2cccnc2-3)cc1.c1cnc2c(c1)C[n+]1c-2oc2cc3ccncn3c21.c1cnc2c(c1)C[n+]1c-2sc2cc3ccncn3c21. The highest BCUT2D eigenvalue weighted by molar-refractivity contribution is 7.21. The molecular weight excluding hydrogens is 1310 g/mol. The molecule has 0 unspecified atom stereocenters. The zero-order valence-corrected chi connectivity index (χ0v) is 55.5. The van der Waals surface area contributed by atoms with E-state index in [1.807, 2.05) is 161 Å². The molecule has 26 rings (SSSR count). The Morgan fingerprint density at radius 1 is 0.417 bits per heavy atom. The highest BCUT2D eigenvalue weighted by Crippen LogP contribution is 2.38. The minimum atomic E-state index is -2.28. The molecule has 21 aromatic rings. The lowest BCUT2D eigenvalue weighted by molar-refractivity contribution is -0.651. The van der Waals surface area contributed by atoms with Crippen molar-refractivity contribution in [3.63, 3.8) is 0 Å². The average Bonchev–Trinajstić information content (AvgIpc) is 1.56. The molecule has 0 radical (unpaired) electrons. The van der Waals surface area contributed by atoms with Gasteiger partial charge in [0.1, 0.15) is 74.7 Å². The van der Waals surface area contributed by atoms with Crippen molar-refractivity contribution in [3.05, 3.63) is 273 Å². The molecule has 5 aliphatic heterocycles. The third kappa shape index (κ3) is 8.35. The van der Waals surface area contributed by atoms with Crippen LogP contribution in [0.2, 0.25) is 0 Å². The van der Waals surface area contributed by atoms with Crippen LogP contribution in [0.4, 0.5) is 0 Å². The molecule has 0 amide bonds. The van der Waals surface area contributed by atoms with Crippen molar-refractivity contribution in [1.29, 1.82) is 0 Å². The van der Waals surface area contributed by atoms with E-state index in [4.69, 9.17) is 8.53 Å². The number of aryl methyl sites for hydroxylation is 2. The number of aromatic nitrogens is 23. The number of fused-ring (bicyclic) bond motifs is 35. The Morgan fingerprint density at radius 2 is 0.922 bits per heavy atom. The first-order chi connectivity index (χ1) is 52.1. The van der Waals surface area contributed by atoms with Crippen LogP contribution >= 0.6 is 11.3 Å². The highest BCUT2D eigenvalue weighted by atomic mass is 32.1. The minimum absolute atomic E-state index is 0.618. The molecule has 103 heavy (non-hydrogen) atoms. The Hall–Kier alpha value is -13.8. The second-order valence-corrected chi connectivity index (χ2v) is 27.0. The summed E-state index contributed by atoms with van der Waals surface area (Å²) < 4.78 is 58.8. The standard InChI is InChI=1S/C20H14N5.2C15H12N5.C14H9N4O.C14H9N4S/c1-2-6-15(7-3-1)25-17-11-16-8-10-21-13-24(16)19(17)23-12-14-5-4-9-22-18(14)20(23)25;1-18-12-7-11-4-6-16-9-20(11)14(12)19-8-10-3-2-5-17-13(10)15(18)19;1-18-12-9-19-6-5-16-7-11(19)14(12)20-8-10-3-2-4-17-13(10)15(18)20;2*1-2-9-7-17-13-11(19-14(17)12(9)16-4-1)6-10-3-5-15-8-18(10)13/h1-11,13H,12H2;2*2-7,9H,8H2,1H3;2*1-6,8H,7H2/q5*+1/i;;1D3;;. The summed E-state index contributed by atoms with van der Waals surface area (Å²) in [6.45, 7) is 1.74. The maximum absolute atomic E-state index is 7.99. The van der Waals surface area contributed by atoms with Gasteiger partial charge in [-0.2, -0.15) is 13.4 Å². The van der Waals surface area contributed by atoms with Gasteiger partial charge < -0.3 is 8.82 Å². The summed E-state index contributed by atoms with van der Waals surface area (Å²) >= 11 is 1.81. The van der Waals surface area contributed by atoms with Crippen LogP contribution in [-0.4, -0.2) is 85.5 Å². The predicted molar refractivity (Wildman–Crippen MR) is 384 cm³/mol. The molecule has 0 saturated heterocycles. The number of thiazole rings is 1. The van der Waals surface area contributed by atoms with E-state index in [0.717, 1.165) is 117 Å². The van der Waals surface area contributed by atoms with E-state index >= 15 is 0 Å². The van der Waals surface area contributed by atoms with Crippen molar-refractivity contribution in [2.45, 2.75) is 32.7 Å². The molecule has 1 aromatic carbocycles. The number of oxazole rings is 1. The summed E-state index contributed by atoms with van der Waals surface area (Å²) in [4.78, 5) is 43.7. The second kappa shape index (κ2) is 21.8.